The molecule has 6 heterocycles. The van der Waals surface area contributed by atoms with E-state index in [0.29, 0.717) is 28.1 Å². The van der Waals surface area contributed by atoms with Crippen molar-refractivity contribution in [2.45, 2.75) is 39.9 Å². The van der Waals surface area contributed by atoms with Gasteiger partial charge in [-0.05, 0) is 103 Å². The van der Waals surface area contributed by atoms with Crippen LogP contribution < -0.4 is 78.6 Å². The number of aliphatic hydroxyl groups excluding tert-OH is 1. The van der Waals surface area contributed by atoms with Gasteiger partial charge in [0.15, 0.2) is 33.5 Å². The van der Waals surface area contributed by atoms with Crippen molar-refractivity contribution in [3.8, 4) is 34.8 Å². The van der Waals surface area contributed by atoms with Crippen LogP contribution in [0.2, 0.25) is 5.02 Å². The molecule has 1 fully saturated rings. The van der Waals surface area contributed by atoms with Crippen LogP contribution in [0.4, 0.5) is 0 Å². The number of para-hydroxylation sites is 2. The molecule has 0 bridgehead atoms. The molecular formula is C82H77ClN12O31. The molecular weight excluding hydrogens is 1680 g/mol. The van der Waals surface area contributed by atoms with Gasteiger partial charge < -0.3 is 107 Å². The first-order valence-corrected chi connectivity index (χ1v) is 37.3. The molecule has 43 nitrogen and oxygen atoms in total. The summed E-state index contributed by atoms with van der Waals surface area (Å²) in [5.74, 6) is -14.0. The normalized spacial score (nSPS) is 11.1. The van der Waals surface area contributed by atoms with E-state index in [4.69, 9.17) is 61.3 Å². The first-order chi connectivity index (χ1) is 60.0. The molecule has 5 aromatic carbocycles. The van der Waals surface area contributed by atoms with E-state index in [1.54, 1.807) is 60.7 Å². The molecule has 0 spiro atoms. The molecule has 1 aliphatic carbocycles. The summed E-state index contributed by atoms with van der Waals surface area (Å²) < 4.78 is 4.31. The van der Waals surface area contributed by atoms with Crippen LogP contribution in [-0.2, 0) is 37.2 Å². The second-order valence-electron chi connectivity index (χ2n) is 26.7. The zero-order valence-corrected chi connectivity index (χ0v) is 66.9. The fraction of sp³-hybridized carbons (Fsp3) is 0.207. The third-order valence-electron chi connectivity index (χ3n) is 17.3. The smallest absolute Gasteiger partial charge is 0.322 e. The zero-order valence-electron chi connectivity index (χ0n) is 66.1. The molecule has 16 N–H and O–H groups in total. The van der Waals surface area contributed by atoms with Gasteiger partial charge in [-0.15, -0.1) is 23.7 Å². The van der Waals surface area contributed by atoms with Gasteiger partial charge in [0.25, 0.3) is 51.8 Å². The molecule has 1 aliphatic rings. The Morgan fingerprint density at radius 1 is 0.468 bits per heavy atom. The number of amides is 5. The third-order valence-corrected chi connectivity index (χ3v) is 17.5. The van der Waals surface area contributed by atoms with Crippen molar-refractivity contribution in [1.29, 1.82) is 5.26 Å². The zero-order chi connectivity index (χ0) is 92.5. The summed E-state index contributed by atoms with van der Waals surface area (Å²) in [5, 5.41) is 125. The van der Waals surface area contributed by atoms with Crippen LogP contribution in [0.15, 0.2) is 177 Å². The van der Waals surface area contributed by atoms with Crippen LogP contribution >= 0.6 is 11.6 Å². The van der Waals surface area contributed by atoms with Crippen LogP contribution in [-0.4, -0.2) is 203 Å². The van der Waals surface area contributed by atoms with E-state index in [0.717, 1.165) is 36.5 Å². The molecule has 1 saturated carbocycles. The number of hydrogen-bond acceptors (Lipinski definition) is 28. The summed E-state index contributed by atoms with van der Waals surface area (Å²) in [6.45, 7) is 7.23. The molecule has 11 aromatic rings. The number of aromatic nitrogens is 6. The lowest BCUT2D eigenvalue weighted by Crippen LogP contribution is -2.38. The Kier molecular flexibility index (Phi) is 32.7. The number of nitriles is 1. The fourth-order valence-corrected chi connectivity index (χ4v) is 11.5. The first-order valence-electron chi connectivity index (χ1n) is 36.9. The van der Waals surface area contributed by atoms with E-state index >= 15 is 0 Å². The van der Waals surface area contributed by atoms with Crippen molar-refractivity contribution < 1.29 is 128 Å². The third kappa shape index (κ3) is 23.2. The number of aliphatic carboxylic acids is 5. The second kappa shape index (κ2) is 43.4. The highest BCUT2D eigenvalue weighted by molar-refractivity contribution is 6.31. The van der Waals surface area contributed by atoms with Crippen LogP contribution in [0.25, 0.3) is 54.6 Å². The topological polar surface area (TPSA) is 646 Å². The summed E-state index contributed by atoms with van der Waals surface area (Å²) in [7, 11) is 0. The minimum atomic E-state index is -1.30. The van der Waals surface area contributed by atoms with Crippen molar-refractivity contribution >= 4 is 126 Å². The number of halogens is 1. The number of rotatable bonds is 31. The second-order valence-corrected chi connectivity index (χ2v) is 27.2. The summed E-state index contributed by atoms with van der Waals surface area (Å²) in [6, 6.07) is 33.1. The Hall–Kier alpha value is -16.8. The average molecular weight is 1760 g/mol. The van der Waals surface area contributed by atoms with Gasteiger partial charge in [-0.25, -0.2) is 4.98 Å². The fourth-order valence-electron chi connectivity index (χ4n) is 11.3. The SMILES string of the molecule is C=CCOn1c(=O)c(C(=O)NCC(=O)O)c(O)c2cc(Cl)ccc21.C=CCOn1c(=O)c(C(=O)NCC(=O)O)c(O)c2cccnc21.CC(C)COn1c(=O)c(C(=O)NCC(=O)O)c(O)c2ccccc21.N#Cc1ccccc1COn1c(=O)c(C(=O)NCC(=O)O)c(O)c2ccccc21.O=C(O)CNC(=O)c1c(O)c2cc(CO)ccc2n(OCC2CC2)c1=O. The van der Waals surface area contributed by atoms with Crippen molar-refractivity contribution in [3.63, 3.8) is 0 Å². The number of carboxylic acid groups (broad SMARTS) is 5. The van der Waals surface area contributed by atoms with Crippen LogP contribution in [0.5, 0.6) is 28.7 Å². The van der Waals surface area contributed by atoms with Crippen molar-refractivity contribution in [2.24, 2.45) is 11.8 Å². The van der Waals surface area contributed by atoms with Gasteiger partial charge in [0.1, 0.15) is 94.5 Å². The Morgan fingerprint density at radius 3 is 1.25 bits per heavy atom. The lowest BCUT2D eigenvalue weighted by atomic mass is 10.1. The molecule has 6 aromatic heterocycles. The predicted molar refractivity (Wildman–Crippen MR) is 443 cm³/mol. The number of pyridine rings is 6. The summed E-state index contributed by atoms with van der Waals surface area (Å²) in [5.41, 5.74) is -5.32. The highest BCUT2D eigenvalue weighted by atomic mass is 35.5. The molecule has 0 radical (unpaired) electrons. The maximum Gasteiger partial charge on any atom is 0.322 e. The number of nitrogens with one attached hydrogen (secondary N) is 5. The van der Waals surface area contributed by atoms with E-state index < -0.39 is 176 Å². The molecule has 126 heavy (non-hydrogen) atoms. The number of fused-ring (bicyclic) bond motifs is 5. The number of benzene rings is 5. The van der Waals surface area contributed by atoms with Crippen LogP contribution in [0.1, 0.15) is 95.2 Å². The highest BCUT2D eigenvalue weighted by Gasteiger charge is 2.31. The standard InChI is InChI=1S/C20H15N3O6.C17H18N2O7.C16H18N2O6.C15H13ClN2O6.C14H13N3O6/c21-9-12-5-1-2-6-13(12)11-29-23-15-8-4-3-7-14(15)18(26)17(20(23)28)19(27)22-10-16(24)25;20-7-10-3-4-12-11(5-10)15(23)14(16(24)18-6-13(21)22)17(25)19(12)26-8-9-1-2-9;1-9(2)8-24-18-11-6-4-3-5-10(11)14(21)13(16(18)23)15(22)17-7-12(19)20;1-2-5-24-18-10-4-3-8(16)6-9(10)13(21)12(15(18)23)14(22)17-7-11(19)20;1-2-6-23-17-12-8(4-3-5-15-12)11(20)10(14(17)22)13(21)16-7-9(18)19/h1-8,26H,10-11H2,(H,22,27)(H,24,25);3-5,9,20,23H,1-2,6-8H2,(H,18,24)(H,21,22);3-6,9,21H,7-8H2,1-2H3,(H,17,22)(H,19,20);2-4,6,21H,1,5,7H2,(H,17,22)(H,19,20);2-5,20H,1,6-7H2,(H,16,21)(H,18,19). The maximum atomic E-state index is 12.9. The van der Waals surface area contributed by atoms with Gasteiger partial charge in [0.2, 0.25) is 0 Å². The van der Waals surface area contributed by atoms with Gasteiger partial charge in [-0.2, -0.15) is 5.26 Å². The van der Waals surface area contributed by atoms with Gasteiger partial charge in [-0.1, -0.05) is 99.3 Å². The van der Waals surface area contributed by atoms with Crippen molar-refractivity contribution in [2.75, 3.05) is 59.2 Å². The minimum Gasteiger partial charge on any atom is -0.506 e. The van der Waals surface area contributed by atoms with E-state index in [2.05, 4.69) is 34.1 Å². The number of carbonyl (C=O) groups excluding carboxylic acids is 5. The number of carbonyl (C=O) groups is 10. The Bertz CT molecular complexity index is 6500. The molecule has 0 atom stereocenters. The van der Waals surface area contributed by atoms with E-state index in [1.165, 1.54) is 79.0 Å². The lowest BCUT2D eigenvalue weighted by Gasteiger charge is -2.16. The van der Waals surface area contributed by atoms with Crippen molar-refractivity contribution in [1.82, 2.24) is 55.2 Å². The molecule has 0 aliphatic heterocycles. The first kappa shape index (κ1) is 94.7. The molecule has 12 rings (SSSR count). The number of hydrogen-bond donors (Lipinski definition) is 16. The maximum absolute atomic E-state index is 12.9. The summed E-state index contributed by atoms with van der Waals surface area (Å²) in [4.78, 5) is 208. The lowest BCUT2D eigenvalue weighted by molar-refractivity contribution is -0.136. The molecule has 5 amide bonds. The van der Waals surface area contributed by atoms with Gasteiger partial charge >= 0.3 is 35.4 Å². The summed E-state index contributed by atoms with van der Waals surface area (Å²) in [6.07, 6.45) is 6.15. The van der Waals surface area contributed by atoms with Gasteiger partial charge in [0.05, 0.1) is 45.7 Å². The quantitative estimate of drug-likeness (QED) is 0.0275. The minimum absolute atomic E-state index is 0.0200. The molecule has 658 valence electrons. The molecule has 0 saturated heterocycles. The summed E-state index contributed by atoms with van der Waals surface area (Å²) >= 11 is 5.89. The molecule has 44 heteroatoms. The predicted octanol–water partition coefficient (Wildman–Crippen LogP) is 1.80. The monoisotopic (exact) mass is 1760 g/mol. The Morgan fingerprint density at radius 2 is 0.825 bits per heavy atom. The molecule has 0 unspecified atom stereocenters. The van der Waals surface area contributed by atoms with Gasteiger partial charge in [-0.3, -0.25) is 71.9 Å². The van der Waals surface area contributed by atoms with Crippen LogP contribution in [0, 0.1) is 23.2 Å². The number of nitrogens with zero attached hydrogens (tertiary/aromatic N) is 7. The average Bonchev–Trinajstić information content (AvgIpc) is 1.12. The van der Waals surface area contributed by atoms with Crippen molar-refractivity contribution in [3.05, 3.63) is 254 Å². The van der Waals surface area contributed by atoms with E-state index in [1.807, 2.05) is 30.6 Å². The number of aliphatic hydroxyl groups is 1. The largest absolute Gasteiger partial charge is 0.506 e. The van der Waals surface area contributed by atoms with Crippen LogP contribution in [0.3, 0.4) is 0 Å². The Balaban J connectivity index is 0.000000195. The highest BCUT2D eigenvalue weighted by Crippen LogP contribution is 2.33. The van der Waals surface area contributed by atoms with E-state index in [-0.39, 0.29) is 99.7 Å². The number of aromatic hydroxyl groups is 5. The van der Waals surface area contributed by atoms with Gasteiger partial charge in [0, 0.05) is 38.3 Å². The van der Waals surface area contributed by atoms with E-state index in [9.17, 15) is 108 Å². The number of carboxylic acids is 5. The Labute approximate surface area is 711 Å².